The van der Waals surface area contributed by atoms with E-state index in [0.717, 1.165) is 8.95 Å². The summed E-state index contributed by atoms with van der Waals surface area (Å²) in [7, 11) is 0. The summed E-state index contributed by atoms with van der Waals surface area (Å²) in [6.45, 7) is 0. The molecule has 0 amide bonds. The zero-order valence-corrected chi connectivity index (χ0v) is 15.0. The maximum Gasteiger partial charge on any atom is 0.0175 e. The molecule has 0 bridgehead atoms. The summed E-state index contributed by atoms with van der Waals surface area (Å²) in [6, 6.07) is 25.3. The van der Waals surface area contributed by atoms with Crippen LogP contribution in [0.1, 0.15) is 11.1 Å². The number of benzene rings is 3. The molecule has 0 aliphatic heterocycles. The molecular formula is C20H14Br2. The Kier molecular flexibility index (Phi) is 4.91. The van der Waals surface area contributed by atoms with Crippen LogP contribution in [0.4, 0.5) is 0 Å². The van der Waals surface area contributed by atoms with Crippen molar-refractivity contribution in [1.82, 2.24) is 0 Å². The van der Waals surface area contributed by atoms with E-state index in [4.69, 9.17) is 0 Å². The molecule has 0 saturated carbocycles. The highest BCUT2D eigenvalue weighted by molar-refractivity contribution is 9.10. The first-order valence-corrected chi connectivity index (χ1v) is 8.59. The average Bonchev–Trinajstić information content (AvgIpc) is 2.56. The molecule has 0 saturated heterocycles. The summed E-state index contributed by atoms with van der Waals surface area (Å²) < 4.78 is 2.20. The van der Waals surface area contributed by atoms with Gasteiger partial charge in [-0.05, 0) is 46.5 Å². The van der Waals surface area contributed by atoms with Crippen LogP contribution in [-0.4, -0.2) is 0 Å². The van der Waals surface area contributed by atoms with E-state index in [1.54, 1.807) is 0 Å². The average molecular weight is 414 g/mol. The minimum absolute atomic E-state index is 1.10. The van der Waals surface area contributed by atoms with Crippen LogP contribution in [0.25, 0.3) is 23.3 Å². The Morgan fingerprint density at radius 3 is 1.23 bits per heavy atom. The molecule has 3 rings (SSSR count). The third-order valence-corrected chi connectivity index (χ3v) is 4.48. The van der Waals surface area contributed by atoms with Crippen LogP contribution in [0.3, 0.4) is 0 Å². The Balaban J connectivity index is 1.76. The fourth-order valence-corrected chi connectivity index (χ4v) is 2.72. The first-order valence-electron chi connectivity index (χ1n) is 7.00. The molecule has 0 aliphatic rings. The van der Waals surface area contributed by atoms with Crippen LogP contribution < -0.4 is 0 Å². The Hall–Kier alpha value is -1.64. The Morgan fingerprint density at radius 1 is 0.455 bits per heavy atom. The number of hydrogen-bond acceptors (Lipinski definition) is 0. The van der Waals surface area contributed by atoms with E-state index in [0.29, 0.717) is 0 Å². The molecule has 0 nitrogen and oxygen atoms in total. The van der Waals surface area contributed by atoms with Gasteiger partial charge in [0.1, 0.15) is 0 Å². The van der Waals surface area contributed by atoms with Gasteiger partial charge in [0.2, 0.25) is 0 Å². The summed E-state index contributed by atoms with van der Waals surface area (Å²) in [4.78, 5) is 0. The van der Waals surface area contributed by atoms with Crippen LogP contribution in [0.15, 0.2) is 81.7 Å². The van der Waals surface area contributed by atoms with E-state index in [9.17, 15) is 0 Å². The van der Waals surface area contributed by atoms with Crippen molar-refractivity contribution < 1.29 is 0 Å². The molecule has 0 aliphatic carbocycles. The van der Waals surface area contributed by atoms with Crippen LogP contribution in [0.2, 0.25) is 0 Å². The van der Waals surface area contributed by atoms with Gasteiger partial charge in [-0.15, -0.1) is 0 Å². The smallest absolute Gasteiger partial charge is 0.0175 e. The van der Waals surface area contributed by atoms with Crippen molar-refractivity contribution in [2.24, 2.45) is 0 Å². The van der Waals surface area contributed by atoms with Crippen LogP contribution >= 0.6 is 31.9 Å². The first kappa shape index (κ1) is 15.3. The Bertz CT molecular complexity index is 767. The third-order valence-electron chi connectivity index (χ3n) is 3.43. The highest BCUT2D eigenvalue weighted by atomic mass is 79.9. The molecule has 22 heavy (non-hydrogen) atoms. The maximum atomic E-state index is 3.46. The van der Waals surface area contributed by atoms with Gasteiger partial charge in [-0.1, -0.05) is 92.5 Å². The van der Waals surface area contributed by atoms with Crippen molar-refractivity contribution in [3.8, 4) is 11.1 Å². The van der Waals surface area contributed by atoms with Gasteiger partial charge in [-0.3, -0.25) is 0 Å². The Labute approximate surface area is 147 Å². The summed E-state index contributed by atoms with van der Waals surface area (Å²) in [5.74, 6) is 0. The lowest BCUT2D eigenvalue weighted by atomic mass is 10.0. The largest absolute Gasteiger partial charge is 0.0544 e. The van der Waals surface area contributed by atoms with Gasteiger partial charge in [0, 0.05) is 8.95 Å². The molecule has 0 N–H and O–H groups in total. The van der Waals surface area contributed by atoms with Crippen molar-refractivity contribution in [3.63, 3.8) is 0 Å². The molecule has 0 aromatic heterocycles. The fraction of sp³-hybridized carbons (Fsp3) is 0. The van der Waals surface area contributed by atoms with Gasteiger partial charge in [0.25, 0.3) is 0 Å². The summed E-state index contributed by atoms with van der Waals surface area (Å²) >= 11 is 6.91. The quantitative estimate of drug-likeness (QED) is 0.403. The standard InChI is InChI=1S/C20H14Br2/c21-19-11-5-16(6-12-19)2-1-15-3-7-17(8-4-15)18-9-13-20(22)14-10-18/h1-14H/b2-1+. The van der Waals surface area contributed by atoms with E-state index in [1.165, 1.54) is 22.3 Å². The van der Waals surface area contributed by atoms with E-state index in [1.807, 2.05) is 0 Å². The predicted molar refractivity (Wildman–Crippen MR) is 103 cm³/mol. The van der Waals surface area contributed by atoms with Crippen molar-refractivity contribution in [1.29, 1.82) is 0 Å². The minimum Gasteiger partial charge on any atom is -0.0544 e. The topological polar surface area (TPSA) is 0 Å². The number of rotatable bonds is 3. The maximum absolute atomic E-state index is 3.46. The second-order valence-corrected chi connectivity index (χ2v) is 6.85. The highest BCUT2D eigenvalue weighted by Gasteiger charge is 1.97. The van der Waals surface area contributed by atoms with Crippen LogP contribution in [0, 0.1) is 0 Å². The molecule has 0 radical (unpaired) electrons. The lowest BCUT2D eigenvalue weighted by molar-refractivity contribution is 1.58. The number of hydrogen-bond donors (Lipinski definition) is 0. The SMILES string of the molecule is Brc1ccc(/C=C/c2ccc(-c3ccc(Br)cc3)cc2)cc1. The van der Waals surface area contributed by atoms with Crippen molar-refractivity contribution in [3.05, 3.63) is 92.9 Å². The normalized spacial score (nSPS) is 11.0. The van der Waals surface area contributed by atoms with Crippen molar-refractivity contribution in [2.45, 2.75) is 0 Å². The Morgan fingerprint density at radius 2 is 0.773 bits per heavy atom. The van der Waals surface area contributed by atoms with E-state index < -0.39 is 0 Å². The van der Waals surface area contributed by atoms with Gasteiger partial charge < -0.3 is 0 Å². The molecule has 2 heteroatoms. The van der Waals surface area contributed by atoms with E-state index in [2.05, 4.69) is 117 Å². The lowest BCUT2D eigenvalue weighted by Crippen LogP contribution is -1.78. The van der Waals surface area contributed by atoms with Gasteiger partial charge in [0.05, 0.1) is 0 Å². The molecule has 108 valence electrons. The predicted octanol–water partition coefficient (Wildman–Crippen LogP) is 7.05. The van der Waals surface area contributed by atoms with Gasteiger partial charge in [0.15, 0.2) is 0 Å². The zero-order chi connectivity index (χ0) is 15.4. The monoisotopic (exact) mass is 412 g/mol. The zero-order valence-electron chi connectivity index (χ0n) is 11.8. The molecule has 3 aromatic carbocycles. The van der Waals surface area contributed by atoms with Crippen LogP contribution in [-0.2, 0) is 0 Å². The molecule has 0 unspecified atom stereocenters. The summed E-state index contributed by atoms with van der Waals surface area (Å²) in [5, 5.41) is 0. The minimum atomic E-state index is 1.10. The second kappa shape index (κ2) is 7.08. The second-order valence-electron chi connectivity index (χ2n) is 5.01. The summed E-state index contributed by atoms with van der Waals surface area (Å²) in [6.07, 6.45) is 4.26. The van der Waals surface area contributed by atoms with Gasteiger partial charge in [-0.2, -0.15) is 0 Å². The van der Waals surface area contributed by atoms with Crippen molar-refractivity contribution in [2.75, 3.05) is 0 Å². The van der Waals surface area contributed by atoms with Gasteiger partial charge >= 0.3 is 0 Å². The molecule has 3 aromatic rings. The molecule has 0 heterocycles. The number of halogens is 2. The molecule has 0 fully saturated rings. The summed E-state index contributed by atoms with van der Waals surface area (Å²) in [5.41, 5.74) is 4.85. The van der Waals surface area contributed by atoms with E-state index in [-0.39, 0.29) is 0 Å². The van der Waals surface area contributed by atoms with Crippen LogP contribution in [0.5, 0.6) is 0 Å². The molecular weight excluding hydrogens is 400 g/mol. The lowest BCUT2D eigenvalue weighted by Gasteiger charge is -2.02. The molecule has 0 spiro atoms. The van der Waals surface area contributed by atoms with E-state index >= 15 is 0 Å². The first-order chi connectivity index (χ1) is 10.7. The van der Waals surface area contributed by atoms with Gasteiger partial charge in [-0.25, -0.2) is 0 Å². The highest BCUT2D eigenvalue weighted by Crippen LogP contribution is 2.22. The third kappa shape index (κ3) is 3.96. The van der Waals surface area contributed by atoms with Crippen molar-refractivity contribution >= 4 is 44.0 Å². The molecule has 0 atom stereocenters. The fourth-order valence-electron chi connectivity index (χ4n) is 2.20.